The molecule has 0 aliphatic heterocycles. The molecule has 0 heterocycles. The maximum Gasteiger partial charge on any atom is 0.407 e. The third-order valence-corrected chi connectivity index (χ3v) is 3.29. The van der Waals surface area contributed by atoms with E-state index in [1.165, 1.54) is 0 Å². The fourth-order valence-corrected chi connectivity index (χ4v) is 2.28. The van der Waals surface area contributed by atoms with Crippen molar-refractivity contribution in [2.24, 2.45) is 0 Å². The number of hydrogen-bond donors (Lipinski definition) is 1. The van der Waals surface area contributed by atoms with Gasteiger partial charge in [-0.3, -0.25) is 4.79 Å². The summed E-state index contributed by atoms with van der Waals surface area (Å²) in [6.45, 7) is 6.40. The number of alkyl carbamates (subject to hydrolysis) is 1. The van der Waals surface area contributed by atoms with Crippen LogP contribution in [0.25, 0.3) is 10.8 Å². The number of amides is 1. The van der Waals surface area contributed by atoms with E-state index in [9.17, 15) is 9.59 Å². The Morgan fingerprint density at radius 1 is 1.12 bits per heavy atom. The van der Waals surface area contributed by atoms with Crippen LogP contribution in [0.2, 0.25) is 0 Å². The van der Waals surface area contributed by atoms with Crippen molar-refractivity contribution in [1.82, 2.24) is 5.32 Å². The van der Waals surface area contributed by atoms with Crippen LogP contribution in [0, 0.1) is 0 Å². The zero-order valence-electron chi connectivity index (χ0n) is 14.3. The van der Waals surface area contributed by atoms with E-state index in [1.54, 1.807) is 12.1 Å². The van der Waals surface area contributed by atoms with Gasteiger partial charge in [0.15, 0.2) is 6.29 Å². The summed E-state index contributed by atoms with van der Waals surface area (Å²) in [6, 6.07) is 11.2. The van der Waals surface area contributed by atoms with E-state index in [-0.39, 0.29) is 0 Å². The molecule has 0 aliphatic carbocycles. The predicted octanol–water partition coefficient (Wildman–Crippen LogP) is 3.95. The molecule has 24 heavy (non-hydrogen) atoms. The van der Waals surface area contributed by atoms with Crippen molar-refractivity contribution in [2.75, 3.05) is 13.2 Å². The highest BCUT2D eigenvalue weighted by Gasteiger charge is 2.15. The molecule has 0 spiro atoms. The van der Waals surface area contributed by atoms with E-state index in [4.69, 9.17) is 9.47 Å². The minimum absolute atomic E-state index is 0.428. The summed E-state index contributed by atoms with van der Waals surface area (Å²) in [5.41, 5.74) is 0.143. The van der Waals surface area contributed by atoms with Crippen molar-refractivity contribution in [2.45, 2.75) is 32.8 Å². The Kier molecular flexibility index (Phi) is 5.79. The van der Waals surface area contributed by atoms with E-state index in [1.807, 2.05) is 45.0 Å². The van der Waals surface area contributed by atoms with E-state index in [0.717, 1.165) is 22.8 Å². The summed E-state index contributed by atoms with van der Waals surface area (Å²) in [5.74, 6) is 0.730. The fourth-order valence-electron chi connectivity index (χ4n) is 2.28. The van der Waals surface area contributed by atoms with Crippen molar-refractivity contribution in [1.29, 1.82) is 0 Å². The number of carbonyl (C=O) groups is 2. The number of nitrogens with one attached hydrogen (secondary N) is 1. The highest BCUT2D eigenvalue weighted by atomic mass is 16.6. The second kappa shape index (κ2) is 7.81. The number of benzene rings is 2. The van der Waals surface area contributed by atoms with Gasteiger partial charge in [-0.2, -0.15) is 0 Å². The second-order valence-corrected chi connectivity index (χ2v) is 6.45. The minimum Gasteiger partial charge on any atom is -0.493 e. The number of rotatable bonds is 6. The van der Waals surface area contributed by atoms with Gasteiger partial charge in [-0.25, -0.2) is 4.79 Å². The van der Waals surface area contributed by atoms with Gasteiger partial charge < -0.3 is 14.8 Å². The van der Waals surface area contributed by atoms with Crippen LogP contribution in [-0.4, -0.2) is 31.1 Å². The van der Waals surface area contributed by atoms with Gasteiger partial charge in [0.25, 0.3) is 0 Å². The molecule has 0 unspecified atom stereocenters. The zero-order valence-corrected chi connectivity index (χ0v) is 14.3. The second-order valence-electron chi connectivity index (χ2n) is 6.45. The molecule has 2 rings (SSSR count). The molecule has 0 saturated carbocycles. The molecule has 128 valence electrons. The van der Waals surface area contributed by atoms with E-state index >= 15 is 0 Å². The van der Waals surface area contributed by atoms with Crippen LogP contribution in [0.3, 0.4) is 0 Å². The van der Waals surface area contributed by atoms with Gasteiger partial charge in [0, 0.05) is 17.5 Å². The van der Waals surface area contributed by atoms with Gasteiger partial charge in [-0.05, 0) is 44.7 Å². The highest BCUT2D eigenvalue weighted by Crippen LogP contribution is 2.27. The first-order valence-electron chi connectivity index (χ1n) is 7.97. The standard InChI is InChI=1S/C19H23NO4/c1-19(2,3)24-18(22)20-11-6-12-23-17-10-9-14(13-21)15-7-4-5-8-16(15)17/h4-5,7-10,13H,6,11-12H2,1-3H3,(H,20,22). The molecule has 0 atom stereocenters. The molecule has 2 aromatic rings. The summed E-state index contributed by atoms with van der Waals surface area (Å²) in [5, 5.41) is 4.47. The number of fused-ring (bicyclic) bond motifs is 1. The molecule has 5 nitrogen and oxygen atoms in total. The lowest BCUT2D eigenvalue weighted by molar-refractivity contribution is 0.0525. The Morgan fingerprint density at radius 3 is 2.50 bits per heavy atom. The molecule has 5 heteroatoms. The van der Waals surface area contributed by atoms with Gasteiger partial charge in [0.1, 0.15) is 11.4 Å². The average Bonchev–Trinajstić information content (AvgIpc) is 2.53. The average molecular weight is 329 g/mol. The van der Waals surface area contributed by atoms with Crippen molar-refractivity contribution in [3.8, 4) is 5.75 Å². The Bertz CT molecular complexity index is 719. The smallest absolute Gasteiger partial charge is 0.407 e. The number of hydrogen-bond acceptors (Lipinski definition) is 4. The van der Waals surface area contributed by atoms with Crippen molar-refractivity contribution in [3.05, 3.63) is 42.0 Å². The molecule has 0 fully saturated rings. The Hall–Kier alpha value is -2.56. The zero-order chi connectivity index (χ0) is 17.6. The topological polar surface area (TPSA) is 64.6 Å². The van der Waals surface area contributed by atoms with Gasteiger partial charge >= 0.3 is 6.09 Å². The molecular weight excluding hydrogens is 306 g/mol. The molecular formula is C19H23NO4. The number of carbonyl (C=O) groups excluding carboxylic acids is 2. The highest BCUT2D eigenvalue weighted by molar-refractivity contribution is 6.00. The van der Waals surface area contributed by atoms with Crippen LogP contribution in [-0.2, 0) is 4.74 Å². The molecule has 0 aromatic heterocycles. The SMILES string of the molecule is CC(C)(C)OC(=O)NCCCOc1ccc(C=O)c2ccccc12. The summed E-state index contributed by atoms with van der Waals surface area (Å²) in [6.07, 6.45) is 1.07. The Morgan fingerprint density at radius 2 is 1.83 bits per heavy atom. The molecule has 0 aliphatic rings. The number of ether oxygens (including phenoxy) is 2. The monoisotopic (exact) mass is 329 g/mol. The Balaban J connectivity index is 1.86. The van der Waals surface area contributed by atoms with E-state index in [2.05, 4.69) is 5.32 Å². The van der Waals surface area contributed by atoms with Crippen molar-refractivity contribution >= 4 is 23.2 Å². The normalized spacial score (nSPS) is 11.1. The molecule has 0 saturated heterocycles. The third-order valence-electron chi connectivity index (χ3n) is 3.29. The van der Waals surface area contributed by atoms with Gasteiger partial charge in [0.05, 0.1) is 6.61 Å². The van der Waals surface area contributed by atoms with Crippen LogP contribution in [0.15, 0.2) is 36.4 Å². The van der Waals surface area contributed by atoms with Crippen LogP contribution >= 0.6 is 0 Å². The lowest BCUT2D eigenvalue weighted by Crippen LogP contribution is -2.33. The first kappa shape index (κ1) is 17.8. The molecule has 1 amide bonds. The predicted molar refractivity (Wildman–Crippen MR) is 93.7 cm³/mol. The van der Waals surface area contributed by atoms with E-state index in [0.29, 0.717) is 25.1 Å². The fraction of sp³-hybridized carbons (Fsp3) is 0.368. The summed E-state index contributed by atoms with van der Waals surface area (Å²) in [4.78, 5) is 22.6. The lowest BCUT2D eigenvalue weighted by Gasteiger charge is -2.19. The van der Waals surface area contributed by atoms with Crippen LogP contribution < -0.4 is 10.1 Å². The third kappa shape index (κ3) is 4.98. The van der Waals surface area contributed by atoms with Crippen molar-refractivity contribution in [3.63, 3.8) is 0 Å². The van der Waals surface area contributed by atoms with Gasteiger partial charge in [-0.1, -0.05) is 24.3 Å². The van der Waals surface area contributed by atoms with Crippen LogP contribution in [0.5, 0.6) is 5.75 Å². The summed E-state index contributed by atoms with van der Waals surface area (Å²) < 4.78 is 11.0. The molecule has 1 N–H and O–H groups in total. The largest absolute Gasteiger partial charge is 0.493 e. The summed E-state index contributed by atoms with van der Waals surface area (Å²) >= 11 is 0. The maximum atomic E-state index is 11.5. The number of aldehydes is 1. The first-order chi connectivity index (χ1) is 11.4. The maximum absolute atomic E-state index is 11.5. The summed E-state index contributed by atoms with van der Waals surface area (Å²) in [7, 11) is 0. The first-order valence-corrected chi connectivity index (χ1v) is 7.97. The Labute approximate surface area is 141 Å². The van der Waals surface area contributed by atoms with Crippen molar-refractivity contribution < 1.29 is 19.1 Å². The molecule has 0 bridgehead atoms. The van der Waals surface area contributed by atoms with E-state index < -0.39 is 11.7 Å². The minimum atomic E-state index is -0.500. The van der Waals surface area contributed by atoms with Crippen LogP contribution in [0.1, 0.15) is 37.6 Å². The molecule has 0 radical (unpaired) electrons. The molecule has 2 aromatic carbocycles. The van der Waals surface area contributed by atoms with Gasteiger partial charge in [0.2, 0.25) is 0 Å². The lowest BCUT2D eigenvalue weighted by atomic mass is 10.0. The van der Waals surface area contributed by atoms with Gasteiger partial charge in [-0.15, -0.1) is 0 Å². The quantitative estimate of drug-likeness (QED) is 0.644. The van der Waals surface area contributed by atoms with Crippen LogP contribution in [0.4, 0.5) is 4.79 Å².